The van der Waals surface area contributed by atoms with Crippen molar-refractivity contribution in [3.63, 3.8) is 0 Å². The molecule has 0 amide bonds. The second-order valence-corrected chi connectivity index (χ2v) is 7.40. The van der Waals surface area contributed by atoms with Crippen LogP contribution in [0, 0.1) is 19.7 Å². The lowest BCUT2D eigenvalue weighted by Gasteiger charge is -2.10. The number of hydrogen-bond acceptors (Lipinski definition) is 2. The van der Waals surface area contributed by atoms with E-state index in [1.165, 1.54) is 0 Å². The third kappa shape index (κ3) is 3.92. The van der Waals surface area contributed by atoms with Crippen LogP contribution in [0.25, 0.3) is 33.4 Å². The van der Waals surface area contributed by atoms with E-state index in [0.29, 0.717) is 17.7 Å². The van der Waals surface area contributed by atoms with E-state index in [1.54, 1.807) is 6.07 Å². The van der Waals surface area contributed by atoms with E-state index in [0.717, 1.165) is 38.8 Å². The summed E-state index contributed by atoms with van der Waals surface area (Å²) < 4.78 is 20.6. The van der Waals surface area contributed by atoms with E-state index in [2.05, 4.69) is 0 Å². The summed E-state index contributed by atoms with van der Waals surface area (Å²) in [4.78, 5) is 10.8. The first-order chi connectivity index (χ1) is 13.9. The maximum atomic E-state index is 14.6. The van der Waals surface area contributed by atoms with Gasteiger partial charge in [0.2, 0.25) is 0 Å². The van der Waals surface area contributed by atoms with Gasteiger partial charge in [-0.2, -0.15) is 0 Å². The summed E-state index contributed by atoms with van der Waals surface area (Å²) in [5.41, 5.74) is 5.76. The molecule has 1 N–H and O–H groups in total. The minimum Gasteiger partial charge on any atom is -0.481 e. The number of carbonyl (C=O) groups is 1. The maximum absolute atomic E-state index is 14.6. The largest absolute Gasteiger partial charge is 0.481 e. The molecule has 0 fully saturated rings. The van der Waals surface area contributed by atoms with E-state index in [9.17, 15) is 9.18 Å². The quantitative estimate of drug-likeness (QED) is 0.422. The summed E-state index contributed by atoms with van der Waals surface area (Å²) >= 11 is 0. The van der Waals surface area contributed by atoms with Gasteiger partial charge in [0, 0.05) is 22.9 Å². The molecule has 4 heteroatoms. The van der Waals surface area contributed by atoms with Crippen molar-refractivity contribution in [2.24, 2.45) is 0 Å². The van der Waals surface area contributed by atoms with Crippen molar-refractivity contribution in [3.8, 4) is 22.5 Å². The second kappa shape index (κ2) is 7.55. The topological polar surface area (TPSA) is 50.4 Å². The van der Waals surface area contributed by atoms with E-state index < -0.39 is 5.97 Å². The highest BCUT2D eigenvalue weighted by Crippen LogP contribution is 2.33. The average Bonchev–Trinajstić information content (AvgIpc) is 3.09. The van der Waals surface area contributed by atoms with Crippen molar-refractivity contribution in [3.05, 3.63) is 83.2 Å². The molecule has 1 aromatic heterocycles. The van der Waals surface area contributed by atoms with E-state index in [1.807, 2.05) is 68.4 Å². The highest BCUT2D eigenvalue weighted by molar-refractivity contribution is 5.84. The summed E-state index contributed by atoms with van der Waals surface area (Å²) in [6, 6.07) is 18.9. The fourth-order valence-electron chi connectivity index (χ4n) is 3.75. The molecule has 29 heavy (non-hydrogen) atoms. The molecule has 4 rings (SSSR count). The van der Waals surface area contributed by atoms with Gasteiger partial charge in [-0.25, -0.2) is 4.39 Å². The molecular formula is C25H21FO3. The van der Waals surface area contributed by atoms with Crippen LogP contribution in [-0.4, -0.2) is 11.1 Å². The van der Waals surface area contributed by atoms with Gasteiger partial charge in [-0.1, -0.05) is 30.3 Å². The molecule has 1 heterocycles. The highest BCUT2D eigenvalue weighted by atomic mass is 19.1. The van der Waals surface area contributed by atoms with Gasteiger partial charge in [-0.3, -0.25) is 4.79 Å². The van der Waals surface area contributed by atoms with Gasteiger partial charge in [0.15, 0.2) is 0 Å². The standard InChI is InChI=1S/C25H21FO3/c1-15-10-16(2)25(21(26)11-15)19-5-3-4-18(13-19)23-14-20-12-17(7-9-24(27)28)6-8-22(20)29-23/h3-6,8,10-14H,7,9H2,1-2H3,(H,27,28). The molecule has 0 aliphatic rings. The van der Waals surface area contributed by atoms with E-state index >= 15 is 0 Å². The van der Waals surface area contributed by atoms with Crippen molar-refractivity contribution >= 4 is 16.9 Å². The smallest absolute Gasteiger partial charge is 0.303 e. The number of benzene rings is 3. The first kappa shape index (κ1) is 18.9. The molecule has 0 saturated carbocycles. The van der Waals surface area contributed by atoms with Crippen molar-refractivity contribution in [2.45, 2.75) is 26.7 Å². The molecule has 0 aliphatic carbocycles. The Balaban J connectivity index is 1.71. The Morgan fingerprint density at radius 2 is 1.79 bits per heavy atom. The van der Waals surface area contributed by atoms with Crippen molar-refractivity contribution < 1.29 is 18.7 Å². The summed E-state index contributed by atoms with van der Waals surface area (Å²) in [6.07, 6.45) is 0.576. The fraction of sp³-hybridized carbons (Fsp3) is 0.160. The van der Waals surface area contributed by atoms with Gasteiger partial charge in [-0.05, 0) is 72.9 Å². The Morgan fingerprint density at radius 3 is 2.55 bits per heavy atom. The zero-order valence-electron chi connectivity index (χ0n) is 16.3. The van der Waals surface area contributed by atoms with Gasteiger partial charge >= 0.3 is 5.97 Å². The molecule has 0 radical (unpaired) electrons. The molecule has 0 saturated heterocycles. The molecule has 0 atom stereocenters. The van der Waals surface area contributed by atoms with Crippen LogP contribution in [0.4, 0.5) is 4.39 Å². The summed E-state index contributed by atoms with van der Waals surface area (Å²) in [5, 5.41) is 9.79. The Hall–Kier alpha value is -3.40. The summed E-state index contributed by atoms with van der Waals surface area (Å²) in [7, 11) is 0. The number of aliphatic carboxylic acids is 1. The van der Waals surface area contributed by atoms with Crippen LogP contribution in [0.3, 0.4) is 0 Å². The third-order valence-electron chi connectivity index (χ3n) is 5.08. The van der Waals surface area contributed by atoms with Gasteiger partial charge in [0.25, 0.3) is 0 Å². The Bertz CT molecular complexity index is 1200. The lowest BCUT2D eigenvalue weighted by molar-refractivity contribution is -0.136. The zero-order valence-corrected chi connectivity index (χ0v) is 16.3. The van der Waals surface area contributed by atoms with Crippen LogP contribution in [-0.2, 0) is 11.2 Å². The first-order valence-corrected chi connectivity index (χ1v) is 9.52. The van der Waals surface area contributed by atoms with Crippen molar-refractivity contribution in [1.29, 1.82) is 0 Å². The molecule has 4 aromatic rings. The molecule has 3 aromatic carbocycles. The van der Waals surface area contributed by atoms with Gasteiger partial charge in [0.1, 0.15) is 17.2 Å². The molecular weight excluding hydrogens is 367 g/mol. The molecule has 146 valence electrons. The number of carboxylic acid groups (broad SMARTS) is 1. The minimum absolute atomic E-state index is 0.0970. The van der Waals surface area contributed by atoms with Gasteiger partial charge in [-0.15, -0.1) is 0 Å². The Morgan fingerprint density at radius 1 is 1.00 bits per heavy atom. The maximum Gasteiger partial charge on any atom is 0.303 e. The number of furan rings is 1. The third-order valence-corrected chi connectivity index (χ3v) is 5.08. The van der Waals surface area contributed by atoms with Crippen molar-refractivity contribution in [2.75, 3.05) is 0 Å². The van der Waals surface area contributed by atoms with Crippen molar-refractivity contribution in [1.82, 2.24) is 0 Å². The van der Waals surface area contributed by atoms with Crippen LogP contribution >= 0.6 is 0 Å². The number of rotatable bonds is 5. The lowest BCUT2D eigenvalue weighted by atomic mass is 9.96. The minimum atomic E-state index is -0.812. The number of fused-ring (bicyclic) bond motifs is 1. The van der Waals surface area contributed by atoms with Gasteiger partial charge < -0.3 is 9.52 Å². The number of hydrogen-bond donors (Lipinski definition) is 1. The SMILES string of the molecule is Cc1cc(C)c(-c2cccc(-c3cc4cc(CCC(=O)O)ccc4o3)c2)c(F)c1. The molecule has 0 bridgehead atoms. The van der Waals surface area contributed by atoms with Crippen LogP contribution < -0.4 is 0 Å². The van der Waals surface area contributed by atoms with Crippen LogP contribution in [0.2, 0.25) is 0 Å². The predicted molar refractivity (Wildman–Crippen MR) is 112 cm³/mol. The number of halogens is 1. The predicted octanol–water partition coefficient (Wildman–Crippen LogP) is 6.54. The highest BCUT2D eigenvalue weighted by Gasteiger charge is 2.13. The zero-order chi connectivity index (χ0) is 20.5. The first-order valence-electron chi connectivity index (χ1n) is 9.52. The second-order valence-electron chi connectivity index (χ2n) is 7.40. The monoisotopic (exact) mass is 388 g/mol. The molecule has 3 nitrogen and oxygen atoms in total. The molecule has 0 spiro atoms. The average molecular weight is 388 g/mol. The van der Waals surface area contributed by atoms with Crippen LogP contribution in [0.15, 0.2) is 65.1 Å². The van der Waals surface area contributed by atoms with Crippen LogP contribution in [0.5, 0.6) is 0 Å². The fourth-order valence-corrected chi connectivity index (χ4v) is 3.75. The van der Waals surface area contributed by atoms with Gasteiger partial charge in [0.05, 0.1) is 0 Å². The number of aryl methyl sites for hydroxylation is 3. The number of carboxylic acids is 1. The molecule has 0 unspecified atom stereocenters. The lowest BCUT2D eigenvalue weighted by Crippen LogP contribution is -1.96. The Labute approximate surface area is 168 Å². The van der Waals surface area contributed by atoms with Crippen LogP contribution in [0.1, 0.15) is 23.1 Å². The van der Waals surface area contributed by atoms with E-state index in [4.69, 9.17) is 9.52 Å². The molecule has 0 aliphatic heterocycles. The Kier molecular flexibility index (Phi) is 4.93. The summed E-state index contributed by atoms with van der Waals surface area (Å²) in [6.45, 7) is 3.80. The van der Waals surface area contributed by atoms with E-state index in [-0.39, 0.29) is 12.2 Å². The normalized spacial score (nSPS) is 11.1. The summed E-state index contributed by atoms with van der Waals surface area (Å²) in [5.74, 6) is -0.344.